The molecular weight excluding hydrogens is 421 g/mol. The van der Waals surface area contributed by atoms with Crippen molar-refractivity contribution in [3.05, 3.63) is 28.3 Å². The molecule has 1 aromatic rings. The third-order valence-corrected chi connectivity index (χ3v) is 4.15. The number of nitro groups is 1. The molecule has 0 bridgehead atoms. The third-order valence-electron chi connectivity index (χ3n) is 2.94. The Morgan fingerprint density at radius 1 is 1.42 bits per heavy atom. The van der Waals surface area contributed by atoms with E-state index >= 15 is 0 Å². The summed E-state index contributed by atoms with van der Waals surface area (Å²) >= 11 is 4.69. The number of imide groups is 1. The maximum Gasteiger partial charge on any atom is 1.00 e. The third kappa shape index (κ3) is 5.23. The van der Waals surface area contributed by atoms with Gasteiger partial charge in [-0.1, -0.05) is 5.25 Å². The Morgan fingerprint density at radius 2 is 2.04 bits per heavy atom. The maximum absolute atomic E-state index is 11.7. The zero-order chi connectivity index (χ0) is 18.9. The van der Waals surface area contributed by atoms with Gasteiger partial charge in [0.05, 0.1) is 4.92 Å². The van der Waals surface area contributed by atoms with Gasteiger partial charge in [-0.3, -0.25) is 24.3 Å². The van der Waals surface area contributed by atoms with Crippen LogP contribution in [-0.4, -0.2) is 46.1 Å². The van der Waals surface area contributed by atoms with Gasteiger partial charge in [0.15, 0.2) is 0 Å². The van der Waals surface area contributed by atoms with Gasteiger partial charge in [0, 0.05) is 12.5 Å². The first-order chi connectivity index (χ1) is 11.5. The molecule has 0 aromatic heterocycles. The molecule has 2 rings (SSSR count). The first kappa shape index (κ1) is 23.0. The van der Waals surface area contributed by atoms with E-state index in [2.05, 4.69) is 4.74 Å². The van der Waals surface area contributed by atoms with Crippen LogP contribution < -0.4 is 61.5 Å². The number of carbonyl (C=O) groups excluding carboxylic acids is 3. The first-order valence-electron chi connectivity index (χ1n) is 6.27. The van der Waals surface area contributed by atoms with Crippen LogP contribution in [0.1, 0.15) is 6.42 Å². The largest absolute Gasteiger partial charge is 1.00 e. The molecule has 0 radical (unpaired) electrons. The average Bonchev–Trinajstić information content (AvgIpc) is 2.72. The summed E-state index contributed by atoms with van der Waals surface area (Å²) < 4.78 is 35.5. The van der Waals surface area contributed by atoms with Crippen LogP contribution in [0.5, 0.6) is 5.75 Å². The summed E-state index contributed by atoms with van der Waals surface area (Å²) in [5.41, 5.74) is 0.845. The number of nitrogens with zero attached hydrogens (tertiary/aromatic N) is 2. The summed E-state index contributed by atoms with van der Waals surface area (Å²) in [6, 6.07) is 1.99. The molecule has 1 unspecified atom stereocenters. The van der Waals surface area contributed by atoms with Crippen LogP contribution in [0.2, 0.25) is 0 Å². The number of hydrazine groups is 1. The summed E-state index contributed by atoms with van der Waals surface area (Å²) in [6.07, 6.45) is -1.70. The SMILES string of the molecule is O=C(NN1C(=O)CC([S-])C1=O)Oc1ccc(S(=O)(=O)O)cc1[N+](=O)[O-].[K+]. The van der Waals surface area contributed by atoms with Crippen molar-refractivity contribution < 1.29 is 88.4 Å². The molecule has 1 aromatic carbocycles. The van der Waals surface area contributed by atoms with Crippen molar-refractivity contribution in [2.24, 2.45) is 0 Å². The molecule has 0 saturated carbocycles. The van der Waals surface area contributed by atoms with Gasteiger partial charge in [-0.25, -0.2) is 10.2 Å². The van der Waals surface area contributed by atoms with Crippen LogP contribution in [0.25, 0.3) is 0 Å². The zero-order valence-corrected chi connectivity index (χ0v) is 17.7. The van der Waals surface area contributed by atoms with Gasteiger partial charge in [-0.2, -0.15) is 13.4 Å². The van der Waals surface area contributed by atoms with Crippen LogP contribution >= 0.6 is 0 Å². The summed E-state index contributed by atoms with van der Waals surface area (Å²) in [5.74, 6) is -2.31. The van der Waals surface area contributed by atoms with E-state index in [1.54, 1.807) is 5.43 Å². The Morgan fingerprint density at radius 3 is 2.50 bits per heavy atom. The van der Waals surface area contributed by atoms with Crippen molar-refractivity contribution >= 4 is 46.3 Å². The molecule has 1 heterocycles. The predicted molar refractivity (Wildman–Crippen MR) is 79.7 cm³/mol. The van der Waals surface area contributed by atoms with Crippen molar-refractivity contribution in [3.8, 4) is 5.75 Å². The maximum atomic E-state index is 11.7. The van der Waals surface area contributed by atoms with Gasteiger partial charge in [-0.05, 0) is 12.1 Å². The Balaban J connectivity index is 0.00000338. The summed E-state index contributed by atoms with van der Waals surface area (Å²) in [5, 5.41) is 10.2. The number of hydrogen-bond donors (Lipinski definition) is 2. The predicted octanol–water partition coefficient (Wildman–Crippen LogP) is -3.48. The van der Waals surface area contributed by atoms with Gasteiger partial charge < -0.3 is 17.4 Å². The Hall–Kier alpha value is -1.07. The van der Waals surface area contributed by atoms with Crippen LogP contribution in [0.4, 0.5) is 10.5 Å². The number of nitrogens with one attached hydrogen (secondary N) is 1. The van der Waals surface area contributed by atoms with E-state index in [1.165, 1.54) is 0 Å². The minimum absolute atomic E-state index is 0. The molecule has 1 aliphatic heterocycles. The standard InChI is InChI=1S/C11H9N3O9S2.K/c15-9-4-8(24)10(16)13(9)12-11(17)23-7-2-1-5(25(20,21)22)3-6(7)14(18)19;/h1-3,8,24H,4H2,(H,12,17)(H,20,21,22);/q;+1/p-1. The Kier molecular flexibility index (Phi) is 7.72. The molecule has 1 fully saturated rings. The molecule has 15 heteroatoms. The van der Waals surface area contributed by atoms with Gasteiger partial charge >= 0.3 is 63.2 Å². The number of hydrogen-bond acceptors (Lipinski definition) is 9. The molecule has 134 valence electrons. The quantitative estimate of drug-likeness (QED) is 0.122. The second-order valence-corrected chi connectivity index (χ2v) is 6.61. The number of carbonyl (C=O) groups is 3. The topological polar surface area (TPSA) is 173 Å². The number of rotatable bonds is 4. The molecule has 1 saturated heterocycles. The average molecular weight is 429 g/mol. The van der Waals surface area contributed by atoms with Crippen molar-refractivity contribution in [3.63, 3.8) is 0 Å². The molecule has 0 aliphatic carbocycles. The fraction of sp³-hybridized carbons (Fsp3) is 0.182. The van der Waals surface area contributed by atoms with Gasteiger partial charge in [0.1, 0.15) is 4.90 Å². The summed E-state index contributed by atoms with van der Waals surface area (Å²) in [4.78, 5) is 43.9. The van der Waals surface area contributed by atoms with E-state index in [0.717, 1.165) is 12.1 Å². The van der Waals surface area contributed by atoms with Crippen molar-refractivity contribution in [1.29, 1.82) is 0 Å². The zero-order valence-electron chi connectivity index (χ0n) is 12.9. The molecule has 12 nitrogen and oxygen atoms in total. The fourth-order valence-electron chi connectivity index (χ4n) is 1.82. The monoisotopic (exact) mass is 429 g/mol. The molecule has 2 N–H and O–H groups in total. The van der Waals surface area contributed by atoms with Gasteiger partial charge in [0.2, 0.25) is 17.6 Å². The summed E-state index contributed by atoms with van der Waals surface area (Å²) in [6.45, 7) is 0. The van der Waals surface area contributed by atoms with Gasteiger partial charge in [0.25, 0.3) is 10.1 Å². The minimum Gasteiger partial charge on any atom is -0.779 e. The van der Waals surface area contributed by atoms with Crippen LogP contribution in [-0.2, 0) is 32.3 Å². The van der Waals surface area contributed by atoms with Crippen molar-refractivity contribution in [1.82, 2.24) is 10.4 Å². The first-order valence-corrected chi connectivity index (χ1v) is 8.19. The van der Waals surface area contributed by atoms with E-state index in [1.807, 2.05) is 0 Å². The molecule has 1 aliphatic rings. The fourth-order valence-corrected chi connectivity index (χ4v) is 2.57. The molecular formula is C11H8KN3O9S2. The second kappa shape index (κ2) is 8.74. The number of amides is 3. The Labute approximate surface area is 193 Å². The number of benzene rings is 1. The molecule has 1 atom stereocenters. The van der Waals surface area contributed by atoms with E-state index in [4.69, 9.17) is 17.2 Å². The minimum atomic E-state index is -4.71. The second-order valence-electron chi connectivity index (χ2n) is 4.62. The number of nitro benzene ring substituents is 1. The Bertz CT molecular complexity index is 889. The molecule has 26 heavy (non-hydrogen) atoms. The van der Waals surface area contributed by atoms with E-state index in [0.29, 0.717) is 11.1 Å². The van der Waals surface area contributed by atoms with Crippen LogP contribution in [0, 0.1) is 10.1 Å². The van der Waals surface area contributed by atoms with Crippen LogP contribution in [0.3, 0.4) is 0 Å². The smallest absolute Gasteiger partial charge is 0.779 e. The van der Waals surface area contributed by atoms with E-state index < -0.39 is 54.5 Å². The molecule has 3 amide bonds. The van der Waals surface area contributed by atoms with Gasteiger partial charge in [-0.15, -0.1) is 0 Å². The summed E-state index contributed by atoms with van der Waals surface area (Å²) in [7, 11) is -4.71. The van der Waals surface area contributed by atoms with E-state index in [9.17, 15) is 32.9 Å². The van der Waals surface area contributed by atoms with E-state index in [-0.39, 0.29) is 57.8 Å². The van der Waals surface area contributed by atoms with Crippen molar-refractivity contribution in [2.75, 3.05) is 0 Å². The molecule has 0 spiro atoms. The van der Waals surface area contributed by atoms with Crippen molar-refractivity contribution in [2.45, 2.75) is 16.6 Å². The number of ether oxygens (including phenoxy) is 1. The van der Waals surface area contributed by atoms with Crippen LogP contribution in [0.15, 0.2) is 23.1 Å². The normalized spacial score (nSPS) is 16.8.